The summed E-state index contributed by atoms with van der Waals surface area (Å²) < 4.78 is 22.3. The molecule has 1 N–H and O–H groups in total. The Labute approximate surface area is 180 Å². The van der Waals surface area contributed by atoms with Crippen LogP contribution in [-0.2, 0) is 4.74 Å². The number of hydrogen-bond donors (Lipinski definition) is 1. The van der Waals surface area contributed by atoms with Gasteiger partial charge >= 0.3 is 0 Å². The number of nitrogens with one attached hydrogen (secondary N) is 1. The van der Waals surface area contributed by atoms with E-state index < -0.39 is 0 Å². The van der Waals surface area contributed by atoms with E-state index in [9.17, 15) is 4.39 Å². The third kappa shape index (κ3) is 4.03. The van der Waals surface area contributed by atoms with Gasteiger partial charge in [-0.3, -0.25) is 10.4 Å². The Morgan fingerprint density at radius 2 is 1.97 bits per heavy atom. The van der Waals surface area contributed by atoms with Crippen LogP contribution in [0.25, 0.3) is 11.4 Å². The fraction of sp³-hybridized carbons (Fsp3) is 0.160. The average molecular weight is 412 g/mol. The van der Waals surface area contributed by atoms with Gasteiger partial charge in [0.25, 0.3) is 0 Å². The van der Waals surface area contributed by atoms with Crippen molar-refractivity contribution in [2.45, 2.75) is 12.8 Å². The number of hydrogen-bond acceptors (Lipinski definition) is 4. The van der Waals surface area contributed by atoms with Crippen molar-refractivity contribution < 1.29 is 9.13 Å². The first kappa shape index (κ1) is 19.0. The maximum absolute atomic E-state index is 15.0. The average Bonchev–Trinajstić information content (AvgIpc) is 3.51. The van der Waals surface area contributed by atoms with E-state index in [0.717, 1.165) is 29.9 Å². The first-order valence-electron chi connectivity index (χ1n) is 10.2. The molecule has 5 nitrogen and oxygen atoms in total. The minimum atomic E-state index is -0.361. The highest BCUT2D eigenvalue weighted by molar-refractivity contribution is 5.70. The van der Waals surface area contributed by atoms with Crippen molar-refractivity contribution in [1.29, 1.82) is 0 Å². The van der Waals surface area contributed by atoms with E-state index in [1.807, 2.05) is 53.2 Å². The molecule has 0 radical (unpaired) electrons. The lowest BCUT2D eigenvalue weighted by atomic mass is 10.1. The van der Waals surface area contributed by atoms with E-state index in [1.54, 1.807) is 30.6 Å². The molecule has 1 aliphatic carbocycles. The van der Waals surface area contributed by atoms with Gasteiger partial charge in [0, 0.05) is 17.6 Å². The minimum absolute atomic E-state index is 0.361. The number of anilines is 1. The van der Waals surface area contributed by atoms with E-state index in [-0.39, 0.29) is 5.82 Å². The van der Waals surface area contributed by atoms with Crippen LogP contribution in [0.1, 0.15) is 24.1 Å². The number of para-hydroxylation sites is 1. The van der Waals surface area contributed by atoms with Crippen LogP contribution in [0.3, 0.4) is 0 Å². The minimum Gasteiger partial charge on any atom is -0.495 e. The lowest BCUT2D eigenvalue weighted by Gasteiger charge is -2.29. The number of benzene rings is 2. The topological polar surface area (TPSA) is 42.3 Å². The molecule has 2 aromatic carbocycles. The van der Waals surface area contributed by atoms with E-state index >= 15 is 0 Å². The number of aromatic nitrogens is 2. The Morgan fingerprint density at radius 3 is 2.71 bits per heavy atom. The highest BCUT2D eigenvalue weighted by Gasteiger charge is 2.21. The molecular weight excluding hydrogens is 391 g/mol. The summed E-state index contributed by atoms with van der Waals surface area (Å²) in [6.45, 7) is 0. The maximum atomic E-state index is 15.0. The van der Waals surface area contributed by atoms with Crippen molar-refractivity contribution in [3.8, 4) is 17.5 Å². The Balaban J connectivity index is 1.46. The molecule has 2 heterocycles. The molecule has 154 valence electrons. The molecule has 3 aromatic rings. The van der Waals surface area contributed by atoms with Crippen molar-refractivity contribution in [2.24, 2.45) is 5.92 Å². The van der Waals surface area contributed by atoms with Crippen molar-refractivity contribution >= 4 is 11.4 Å². The van der Waals surface area contributed by atoms with Gasteiger partial charge in [0.05, 0.1) is 42.3 Å². The smallest absolute Gasteiger partial charge is 0.150 e. The second-order valence-corrected chi connectivity index (χ2v) is 7.45. The van der Waals surface area contributed by atoms with E-state index in [1.165, 1.54) is 6.07 Å². The van der Waals surface area contributed by atoms with Gasteiger partial charge in [0.1, 0.15) is 11.6 Å². The first-order chi connectivity index (χ1) is 15.2. The lowest BCUT2D eigenvalue weighted by molar-refractivity contribution is 0.303. The number of nitrogens with zero attached hydrogens (tertiary/aromatic N) is 3. The Morgan fingerprint density at radius 1 is 1.13 bits per heavy atom. The van der Waals surface area contributed by atoms with Crippen LogP contribution >= 0.6 is 0 Å². The predicted octanol–water partition coefficient (Wildman–Crippen LogP) is 4.63. The van der Waals surface area contributed by atoms with Gasteiger partial charge in [-0.15, -0.1) is 0 Å². The van der Waals surface area contributed by atoms with Crippen LogP contribution in [0.4, 0.5) is 10.1 Å². The van der Waals surface area contributed by atoms with Gasteiger partial charge < -0.3 is 4.74 Å². The zero-order chi connectivity index (χ0) is 21.2. The summed E-state index contributed by atoms with van der Waals surface area (Å²) in [6.07, 6.45) is 7.59. The summed E-state index contributed by atoms with van der Waals surface area (Å²) in [5, 5.41) is 6.06. The predicted molar refractivity (Wildman–Crippen MR) is 118 cm³/mol. The normalized spacial score (nSPS) is 15.4. The van der Waals surface area contributed by atoms with Crippen LogP contribution in [0.15, 0.2) is 78.8 Å². The highest BCUT2D eigenvalue weighted by atomic mass is 19.1. The van der Waals surface area contributed by atoms with Crippen molar-refractivity contribution in [2.75, 3.05) is 12.1 Å². The second-order valence-electron chi connectivity index (χ2n) is 7.45. The fourth-order valence-corrected chi connectivity index (χ4v) is 3.35. The number of allylic oxidation sites excluding steroid dienone is 1. The Bertz CT molecular complexity index is 1230. The van der Waals surface area contributed by atoms with E-state index in [2.05, 4.69) is 22.4 Å². The Kier molecular flexibility index (Phi) is 4.93. The van der Waals surface area contributed by atoms with E-state index in [0.29, 0.717) is 22.9 Å². The molecule has 5 rings (SSSR count). The molecule has 1 fully saturated rings. The van der Waals surface area contributed by atoms with Gasteiger partial charge in [-0.2, -0.15) is 5.10 Å². The number of methoxy groups -OCH3 is 1. The molecule has 2 aliphatic rings. The second kappa shape index (κ2) is 8.04. The maximum Gasteiger partial charge on any atom is 0.150 e. The van der Waals surface area contributed by atoms with E-state index in [4.69, 9.17) is 4.74 Å². The molecule has 0 amide bonds. The molecule has 1 aromatic heterocycles. The fourth-order valence-electron chi connectivity index (χ4n) is 3.35. The molecule has 0 spiro atoms. The number of hydrazine groups is 1. The number of rotatable bonds is 4. The van der Waals surface area contributed by atoms with Crippen LogP contribution < -0.4 is 10.4 Å². The zero-order valence-electron chi connectivity index (χ0n) is 17.0. The number of halogens is 1. The molecular formula is C25H21FN4O. The van der Waals surface area contributed by atoms with Gasteiger partial charge in [-0.05, 0) is 49.2 Å². The molecule has 0 unspecified atom stereocenters. The van der Waals surface area contributed by atoms with Crippen LogP contribution in [0, 0.1) is 23.6 Å². The molecule has 0 atom stereocenters. The third-order valence-corrected chi connectivity index (χ3v) is 5.14. The molecule has 6 heteroatoms. The largest absolute Gasteiger partial charge is 0.495 e. The van der Waals surface area contributed by atoms with Crippen molar-refractivity contribution in [1.82, 2.24) is 15.2 Å². The quantitative estimate of drug-likeness (QED) is 0.635. The van der Waals surface area contributed by atoms with Gasteiger partial charge in [-0.25, -0.2) is 9.07 Å². The third-order valence-electron chi connectivity index (χ3n) is 5.14. The van der Waals surface area contributed by atoms with Gasteiger partial charge in [0.15, 0.2) is 0 Å². The zero-order valence-corrected chi connectivity index (χ0v) is 17.0. The molecule has 31 heavy (non-hydrogen) atoms. The molecule has 1 aliphatic heterocycles. The first-order valence-corrected chi connectivity index (χ1v) is 10.2. The standard InChI is InChI=1S/C25H21FN4O/c1-31-21-16-23(25-13-14-27-30(25)20-5-3-2-4-6-20)28-29(17-21)24-12-11-19(15-22(24)26)10-9-18-7-8-18/h2-6,11-18,28H,7-8H2,1H3. The van der Waals surface area contributed by atoms with Crippen molar-refractivity contribution in [3.63, 3.8) is 0 Å². The van der Waals surface area contributed by atoms with Gasteiger partial charge in [0.2, 0.25) is 0 Å². The van der Waals surface area contributed by atoms with Crippen molar-refractivity contribution in [3.05, 3.63) is 95.9 Å². The van der Waals surface area contributed by atoms with Crippen LogP contribution in [0.5, 0.6) is 0 Å². The molecule has 0 bridgehead atoms. The van der Waals surface area contributed by atoms with Crippen LogP contribution in [0.2, 0.25) is 0 Å². The SMILES string of the molecule is COC1=CN(c2ccc(C#CC3CC3)cc2F)NC(c2ccnn2-c2ccccc2)=C1. The highest BCUT2D eigenvalue weighted by Crippen LogP contribution is 2.29. The van der Waals surface area contributed by atoms with Crippen LogP contribution in [-0.4, -0.2) is 16.9 Å². The Hall–Kier alpha value is -3.98. The molecule has 1 saturated carbocycles. The number of ether oxygens (including phenoxy) is 1. The lowest BCUT2D eigenvalue weighted by Crippen LogP contribution is -2.36. The monoisotopic (exact) mass is 412 g/mol. The molecule has 0 saturated heterocycles. The summed E-state index contributed by atoms with van der Waals surface area (Å²) in [4.78, 5) is 0. The summed E-state index contributed by atoms with van der Waals surface area (Å²) in [5.74, 6) is 6.93. The summed E-state index contributed by atoms with van der Waals surface area (Å²) >= 11 is 0. The summed E-state index contributed by atoms with van der Waals surface area (Å²) in [6, 6.07) is 16.8. The van der Waals surface area contributed by atoms with Gasteiger partial charge in [-0.1, -0.05) is 30.0 Å². The summed E-state index contributed by atoms with van der Waals surface area (Å²) in [7, 11) is 1.59. The summed E-state index contributed by atoms with van der Waals surface area (Å²) in [5.41, 5.74) is 6.81.